The smallest absolute Gasteiger partial charge is 0.245 e. The Balaban J connectivity index is 1.48. The molecule has 6 heteroatoms. The zero-order valence-corrected chi connectivity index (χ0v) is 14.3. The molecule has 2 aliphatic heterocycles. The first-order chi connectivity index (χ1) is 12.2. The highest BCUT2D eigenvalue weighted by Gasteiger charge is 2.42. The van der Waals surface area contributed by atoms with Gasteiger partial charge in [-0.2, -0.15) is 0 Å². The van der Waals surface area contributed by atoms with Crippen molar-refractivity contribution in [3.8, 4) is 0 Å². The topological polar surface area (TPSA) is 65.5 Å². The van der Waals surface area contributed by atoms with Gasteiger partial charge in [0.05, 0.1) is 5.52 Å². The Bertz CT molecular complexity index is 822. The first kappa shape index (κ1) is 16.0. The zero-order chi connectivity index (χ0) is 17.4. The standard InChI is InChI=1S/C19H22N4O2/c1-2-15-19(25)23-9-8-22(12-17(23)18(24)21-15)11-13-5-6-16-14(10-13)4-3-7-20-16/h3-7,10,15,17H,2,8-9,11-12H2,1H3,(H,21,24)/t15-,17+/m0/s1. The summed E-state index contributed by atoms with van der Waals surface area (Å²) < 4.78 is 0. The van der Waals surface area contributed by atoms with Crippen molar-refractivity contribution in [3.63, 3.8) is 0 Å². The lowest BCUT2D eigenvalue weighted by Gasteiger charge is -2.45. The van der Waals surface area contributed by atoms with Crippen LogP contribution >= 0.6 is 0 Å². The van der Waals surface area contributed by atoms with Gasteiger partial charge in [0, 0.05) is 37.8 Å². The Morgan fingerprint density at radius 2 is 2.12 bits per heavy atom. The van der Waals surface area contributed by atoms with Crippen molar-refractivity contribution >= 4 is 22.7 Å². The molecule has 3 heterocycles. The molecular formula is C19H22N4O2. The van der Waals surface area contributed by atoms with E-state index in [-0.39, 0.29) is 23.9 Å². The summed E-state index contributed by atoms with van der Waals surface area (Å²) in [6.07, 6.45) is 2.44. The molecule has 2 saturated heterocycles. The van der Waals surface area contributed by atoms with E-state index in [9.17, 15) is 9.59 Å². The minimum absolute atomic E-state index is 0.0288. The monoisotopic (exact) mass is 338 g/mol. The molecule has 0 spiro atoms. The van der Waals surface area contributed by atoms with Gasteiger partial charge in [-0.1, -0.05) is 19.1 Å². The molecular weight excluding hydrogens is 316 g/mol. The van der Waals surface area contributed by atoms with Gasteiger partial charge in [0.15, 0.2) is 0 Å². The number of carbonyl (C=O) groups is 2. The van der Waals surface area contributed by atoms with Crippen molar-refractivity contribution in [2.45, 2.75) is 32.0 Å². The molecule has 1 N–H and O–H groups in total. The Kier molecular flexibility index (Phi) is 4.13. The fourth-order valence-corrected chi connectivity index (χ4v) is 3.76. The van der Waals surface area contributed by atoms with E-state index in [2.05, 4.69) is 33.4 Å². The maximum absolute atomic E-state index is 12.4. The van der Waals surface area contributed by atoms with E-state index >= 15 is 0 Å². The van der Waals surface area contributed by atoms with Gasteiger partial charge in [-0.15, -0.1) is 0 Å². The van der Waals surface area contributed by atoms with E-state index in [0.29, 0.717) is 19.5 Å². The lowest BCUT2D eigenvalue weighted by atomic mass is 10.0. The van der Waals surface area contributed by atoms with E-state index in [4.69, 9.17) is 0 Å². The van der Waals surface area contributed by atoms with E-state index < -0.39 is 0 Å². The van der Waals surface area contributed by atoms with E-state index in [1.807, 2.05) is 19.1 Å². The van der Waals surface area contributed by atoms with Gasteiger partial charge in [-0.05, 0) is 30.2 Å². The van der Waals surface area contributed by atoms with Crippen LogP contribution in [0.2, 0.25) is 0 Å². The molecule has 4 rings (SSSR count). The van der Waals surface area contributed by atoms with Crippen LogP contribution in [0, 0.1) is 0 Å². The van der Waals surface area contributed by atoms with E-state index in [0.717, 1.165) is 24.0 Å². The van der Waals surface area contributed by atoms with Gasteiger partial charge in [0.25, 0.3) is 0 Å². The van der Waals surface area contributed by atoms with Crippen molar-refractivity contribution in [2.24, 2.45) is 0 Å². The molecule has 2 fully saturated rings. The van der Waals surface area contributed by atoms with Crippen LogP contribution in [0.3, 0.4) is 0 Å². The van der Waals surface area contributed by atoms with Crippen molar-refractivity contribution in [3.05, 3.63) is 42.1 Å². The second-order valence-electron chi connectivity index (χ2n) is 6.78. The molecule has 0 unspecified atom stereocenters. The van der Waals surface area contributed by atoms with E-state index in [1.165, 1.54) is 5.56 Å². The summed E-state index contributed by atoms with van der Waals surface area (Å²) in [4.78, 5) is 33.2. The molecule has 25 heavy (non-hydrogen) atoms. The SMILES string of the molecule is CC[C@@H]1NC(=O)[C@H]2CN(Cc3ccc4ncccc4c3)CCN2C1=O. The average Bonchev–Trinajstić information content (AvgIpc) is 2.64. The van der Waals surface area contributed by atoms with Crippen LogP contribution in [0.5, 0.6) is 0 Å². The van der Waals surface area contributed by atoms with Gasteiger partial charge in [-0.25, -0.2) is 0 Å². The predicted molar refractivity (Wildman–Crippen MR) is 94.7 cm³/mol. The minimum Gasteiger partial charge on any atom is -0.342 e. The highest BCUT2D eigenvalue weighted by atomic mass is 16.2. The van der Waals surface area contributed by atoms with E-state index in [1.54, 1.807) is 11.1 Å². The third-order valence-electron chi connectivity index (χ3n) is 5.15. The molecule has 2 atom stereocenters. The maximum atomic E-state index is 12.4. The van der Waals surface area contributed by atoms with Crippen LogP contribution in [0.25, 0.3) is 10.9 Å². The van der Waals surface area contributed by atoms with Gasteiger partial charge in [0.1, 0.15) is 12.1 Å². The second-order valence-corrected chi connectivity index (χ2v) is 6.78. The third kappa shape index (κ3) is 2.98. The lowest BCUT2D eigenvalue weighted by molar-refractivity contribution is -0.153. The fourth-order valence-electron chi connectivity index (χ4n) is 3.76. The summed E-state index contributed by atoms with van der Waals surface area (Å²) in [5.41, 5.74) is 2.18. The normalized spacial score (nSPS) is 24.3. The average molecular weight is 338 g/mol. The number of amides is 2. The molecule has 2 amide bonds. The van der Waals surface area contributed by atoms with Gasteiger partial charge in [0.2, 0.25) is 11.8 Å². The molecule has 0 aliphatic carbocycles. The van der Waals surface area contributed by atoms with Crippen LogP contribution in [0.1, 0.15) is 18.9 Å². The summed E-state index contributed by atoms with van der Waals surface area (Å²) in [5, 5.41) is 3.98. The van der Waals surface area contributed by atoms with Crippen molar-refractivity contribution in [2.75, 3.05) is 19.6 Å². The Labute approximate surface area is 146 Å². The molecule has 1 aromatic heterocycles. The number of pyridine rings is 1. The first-order valence-corrected chi connectivity index (χ1v) is 8.82. The summed E-state index contributed by atoms with van der Waals surface area (Å²) in [5.74, 6) is 0.0300. The number of hydrogen-bond donors (Lipinski definition) is 1. The molecule has 1 aromatic carbocycles. The summed E-state index contributed by atoms with van der Waals surface area (Å²) in [7, 11) is 0. The number of aromatic nitrogens is 1. The molecule has 0 bridgehead atoms. The van der Waals surface area contributed by atoms with Crippen molar-refractivity contribution in [1.82, 2.24) is 20.1 Å². The molecule has 0 saturated carbocycles. The quantitative estimate of drug-likeness (QED) is 0.912. The number of rotatable bonds is 3. The predicted octanol–water partition coefficient (Wildman–Crippen LogP) is 1.16. The number of hydrogen-bond acceptors (Lipinski definition) is 4. The molecule has 0 radical (unpaired) electrons. The summed E-state index contributed by atoms with van der Waals surface area (Å²) >= 11 is 0. The van der Waals surface area contributed by atoms with Gasteiger partial charge in [-0.3, -0.25) is 19.5 Å². The first-order valence-electron chi connectivity index (χ1n) is 8.82. The molecule has 130 valence electrons. The van der Waals surface area contributed by atoms with Crippen LogP contribution in [0.4, 0.5) is 0 Å². The fraction of sp³-hybridized carbons (Fsp3) is 0.421. The minimum atomic E-state index is -0.369. The Morgan fingerprint density at radius 3 is 2.96 bits per heavy atom. The number of benzene rings is 1. The molecule has 2 aliphatic rings. The molecule has 6 nitrogen and oxygen atoms in total. The van der Waals surface area contributed by atoms with Crippen molar-refractivity contribution in [1.29, 1.82) is 0 Å². The Morgan fingerprint density at radius 1 is 1.24 bits per heavy atom. The van der Waals surface area contributed by atoms with Crippen LogP contribution in [-0.4, -0.2) is 58.3 Å². The van der Waals surface area contributed by atoms with Crippen LogP contribution in [0.15, 0.2) is 36.5 Å². The third-order valence-corrected chi connectivity index (χ3v) is 5.15. The molecule has 2 aromatic rings. The highest BCUT2D eigenvalue weighted by molar-refractivity contribution is 5.97. The maximum Gasteiger partial charge on any atom is 0.245 e. The number of nitrogens with zero attached hydrogens (tertiary/aromatic N) is 3. The summed E-state index contributed by atoms with van der Waals surface area (Å²) in [6, 6.07) is 9.53. The second kappa shape index (κ2) is 6.44. The van der Waals surface area contributed by atoms with Crippen LogP contribution < -0.4 is 5.32 Å². The number of carbonyl (C=O) groups excluding carboxylic acids is 2. The van der Waals surface area contributed by atoms with Crippen molar-refractivity contribution < 1.29 is 9.59 Å². The zero-order valence-electron chi connectivity index (χ0n) is 14.3. The van der Waals surface area contributed by atoms with Gasteiger partial charge >= 0.3 is 0 Å². The highest BCUT2D eigenvalue weighted by Crippen LogP contribution is 2.20. The number of fused-ring (bicyclic) bond motifs is 2. The Hall–Kier alpha value is -2.47. The number of nitrogens with one attached hydrogen (secondary N) is 1. The number of piperazine rings is 2. The largest absolute Gasteiger partial charge is 0.342 e. The lowest BCUT2D eigenvalue weighted by Crippen LogP contribution is -2.68. The van der Waals surface area contributed by atoms with Crippen LogP contribution in [-0.2, 0) is 16.1 Å². The van der Waals surface area contributed by atoms with Gasteiger partial charge < -0.3 is 10.2 Å². The summed E-state index contributed by atoms with van der Waals surface area (Å²) in [6.45, 7) is 4.68.